The summed E-state index contributed by atoms with van der Waals surface area (Å²) in [5, 5.41) is 21.6. The number of nitrogens with one attached hydrogen (secondary N) is 1. The Bertz CT molecular complexity index is 1020. The van der Waals surface area contributed by atoms with Gasteiger partial charge in [-0.05, 0) is 38.7 Å². The molecule has 1 unspecified atom stereocenters. The average molecular weight is 433 g/mol. The van der Waals surface area contributed by atoms with Crippen molar-refractivity contribution < 1.29 is 23.1 Å². The molecule has 31 heavy (non-hydrogen) atoms. The minimum Gasteiger partial charge on any atom is -0.476 e. The van der Waals surface area contributed by atoms with Crippen LogP contribution in [0.2, 0.25) is 0 Å². The van der Waals surface area contributed by atoms with E-state index in [0.29, 0.717) is 37.8 Å². The molecule has 0 aliphatic carbocycles. The van der Waals surface area contributed by atoms with E-state index in [1.165, 1.54) is 0 Å². The molecule has 0 bridgehead atoms. The molecule has 0 amide bonds. The van der Waals surface area contributed by atoms with E-state index in [-0.39, 0.29) is 23.1 Å². The Balaban J connectivity index is 1.82. The van der Waals surface area contributed by atoms with Crippen LogP contribution in [0.15, 0.2) is 18.2 Å². The lowest BCUT2D eigenvalue weighted by molar-refractivity contribution is 0.0689. The van der Waals surface area contributed by atoms with Crippen LogP contribution in [0.4, 0.5) is 24.8 Å². The molecule has 1 aromatic carbocycles. The Morgan fingerprint density at radius 2 is 1.97 bits per heavy atom. The first-order valence-corrected chi connectivity index (χ1v) is 9.87. The SMILES string of the molecule is CC(C)Nc1nc(C(=O)O)c(C#N)nc1N1CCC(C(F)c2ccc(F)cc2F)CC1. The van der Waals surface area contributed by atoms with Crippen LogP contribution in [0.3, 0.4) is 0 Å². The van der Waals surface area contributed by atoms with Gasteiger partial charge in [0.2, 0.25) is 0 Å². The second-order valence-corrected chi connectivity index (χ2v) is 7.70. The first-order valence-electron chi connectivity index (χ1n) is 9.87. The number of nitrogens with zero attached hydrogens (tertiary/aromatic N) is 4. The molecule has 164 valence electrons. The summed E-state index contributed by atoms with van der Waals surface area (Å²) in [6.07, 6.45) is -0.849. The molecule has 2 N–H and O–H groups in total. The number of anilines is 2. The number of aromatic nitrogens is 2. The van der Waals surface area contributed by atoms with Crippen molar-refractivity contribution in [2.75, 3.05) is 23.3 Å². The van der Waals surface area contributed by atoms with E-state index < -0.39 is 35.4 Å². The molecule has 0 spiro atoms. The predicted molar refractivity (Wildman–Crippen MR) is 108 cm³/mol. The number of halogens is 3. The molecule has 0 radical (unpaired) electrons. The number of rotatable bonds is 6. The van der Waals surface area contributed by atoms with Crippen molar-refractivity contribution in [3.8, 4) is 6.07 Å². The van der Waals surface area contributed by atoms with E-state index in [0.717, 1.165) is 12.1 Å². The summed E-state index contributed by atoms with van der Waals surface area (Å²) in [5.41, 5.74) is -0.921. The van der Waals surface area contributed by atoms with E-state index >= 15 is 0 Å². The van der Waals surface area contributed by atoms with Gasteiger partial charge in [-0.1, -0.05) is 6.07 Å². The number of hydrogen-bond acceptors (Lipinski definition) is 6. The summed E-state index contributed by atoms with van der Waals surface area (Å²) in [6, 6.07) is 4.51. The highest BCUT2D eigenvalue weighted by Gasteiger charge is 2.32. The number of piperidine rings is 1. The van der Waals surface area contributed by atoms with Gasteiger partial charge in [-0.25, -0.2) is 27.9 Å². The highest BCUT2D eigenvalue weighted by Crippen LogP contribution is 2.37. The van der Waals surface area contributed by atoms with Gasteiger partial charge < -0.3 is 15.3 Å². The topological polar surface area (TPSA) is 102 Å². The summed E-state index contributed by atoms with van der Waals surface area (Å²) in [6.45, 7) is 4.40. The first-order chi connectivity index (χ1) is 14.7. The number of alkyl halides is 1. The van der Waals surface area contributed by atoms with Gasteiger partial charge in [0.05, 0.1) is 0 Å². The summed E-state index contributed by atoms with van der Waals surface area (Å²) >= 11 is 0. The van der Waals surface area contributed by atoms with Gasteiger partial charge in [0.25, 0.3) is 0 Å². The van der Waals surface area contributed by atoms with Crippen LogP contribution in [0.5, 0.6) is 0 Å². The molecule has 1 aliphatic heterocycles. The third kappa shape index (κ3) is 4.87. The molecule has 2 aromatic rings. The second-order valence-electron chi connectivity index (χ2n) is 7.70. The van der Waals surface area contributed by atoms with Gasteiger partial charge in [-0.3, -0.25) is 0 Å². The number of hydrogen-bond donors (Lipinski definition) is 2. The lowest BCUT2D eigenvalue weighted by atomic mass is 9.88. The van der Waals surface area contributed by atoms with Crippen LogP contribution >= 0.6 is 0 Å². The fourth-order valence-electron chi connectivity index (χ4n) is 3.63. The molecule has 7 nitrogen and oxygen atoms in total. The maximum atomic E-state index is 14.9. The van der Waals surface area contributed by atoms with Crippen molar-refractivity contribution in [1.29, 1.82) is 5.26 Å². The lowest BCUT2D eigenvalue weighted by Crippen LogP contribution is -2.37. The largest absolute Gasteiger partial charge is 0.476 e. The molecule has 10 heteroatoms. The zero-order chi connectivity index (χ0) is 22.7. The highest BCUT2D eigenvalue weighted by atomic mass is 19.1. The zero-order valence-electron chi connectivity index (χ0n) is 17.1. The summed E-state index contributed by atoms with van der Waals surface area (Å²) < 4.78 is 42.0. The third-order valence-electron chi connectivity index (χ3n) is 5.12. The second kappa shape index (κ2) is 9.20. The Morgan fingerprint density at radius 3 is 2.52 bits per heavy atom. The smallest absolute Gasteiger partial charge is 0.357 e. The first kappa shape index (κ1) is 22.3. The van der Waals surface area contributed by atoms with Crippen molar-refractivity contribution in [1.82, 2.24) is 9.97 Å². The Kier molecular flexibility index (Phi) is 6.63. The summed E-state index contributed by atoms with van der Waals surface area (Å²) in [4.78, 5) is 21.5. The molecule has 1 aliphatic rings. The molecular formula is C21H22F3N5O2. The van der Waals surface area contributed by atoms with Crippen LogP contribution in [-0.4, -0.2) is 40.2 Å². The highest BCUT2D eigenvalue weighted by molar-refractivity contribution is 5.89. The fraction of sp³-hybridized carbons (Fsp3) is 0.429. The van der Waals surface area contributed by atoms with Crippen LogP contribution < -0.4 is 10.2 Å². The number of carboxylic acids is 1. The normalized spacial score (nSPS) is 15.6. The zero-order valence-corrected chi connectivity index (χ0v) is 17.1. The number of aromatic carboxylic acids is 1. The van der Waals surface area contributed by atoms with E-state index in [1.807, 2.05) is 13.8 Å². The minimum atomic E-state index is -1.58. The summed E-state index contributed by atoms with van der Waals surface area (Å²) in [5.74, 6) is -2.96. The van der Waals surface area contributed by atoms with Crippen molar-refractivity contribution in [3.05, 3.63) is 46.8 Å². The number of benzene rings is 1. The molecule has 2 heterocycles. The van der Waals surface area contributed by atoms with E-state index in [4.69, 9.17) is 0 Å². The Hall–Kier alpha value is -3.35. The maximum absolute atomic E-state index is 14.9. The lowest BCUT2D eigenvalue weighted by Gasteiger charge is -2.35. The minimum absolute atomic E-state index is 0.0724. The molecule has 0 saturated carbocycles. The van der Waals surface area contributed by atoms with Gasteiger partial charge in [-0.2, -0.15) is 5.26 Å². The quantitative estimate of drug-likeness (QED) is 0.708. The van der Waals surface area contributed by atoms with Crippen molar-refractivity contribution in [2.45, 2.75) is 38.9 Å². The molecule has 3 rings (SSSR count). The van der Waals surface area contributed by atoms with Gasteiger partial charge >= 0.3 is 5.97 Å². The Labute approximate surface area is 177 Å². The van der Waals surface area contributed by atoms with Crippen LogP contribution in [0, 0.1) is 28.9 Å². The number of carboxylic acid groups (broad SMARTS) is 1. The maximum Gasteiger partial charge on any atom is 0.357 e. The summed E-state index contributed by atoms with van der Waals surface area (Å²) in [7, 11) is 0. The molecule has 1 atom stereocenters. The fourth-order valence-corrected chi connectivity index (χ4v) is 3.63. The van der Waals surface area contributed by atoms with E-state index in [9.17, 15) is 28.3 Å². The molecule has 1 fully saturated rings. The molecule has 1 aromatic heterocycles. The predicted octanol–water partition coefficient (Wildman–Crippen LogP) is 4.07. The molecule has 1 saturated heterocycles. The van der Waals surface area contributed by atoms with E-state index in [2.05, 4.69) is 15.3 Å². The van der Waals surface area contributed by atoms with Crippen molar-refractivity contribution in [3.63, 3.8) is 0 Å². The van der Waals surface area contributed by atoms with Crippen LogP contribution in [0.25, 0.3) is 0 Å². The monoisotopic (exact) mass is 433 g/mol. The van der Waals surface area contributed by atoms with Crippen LogP contribution in [0.1, 0.15) is 54.6 Å². The van der Waals surface area contributed by atoms with E-state index in [1.54, 1.807) is 11.0 Å². The van der Waals surface area contributed by atoms with Crippen molar-refractivity contribution >= 4 is 17.6 Å². The standard InChI is InChI=1S/C21H22F3N5O2/c1-11(2)26-19-20(27-16(10-25)18(28-19)21(30)31)29-7-5-12(6-8-29)17(24)14-4-3-13(22)9-15(14)23/h3-4,9,11-12,17H,5-8H2,1-2H3,(H,26,28)(H,30,31). The average Bonchev–Trinajstić information content (AvgIpc) is 2.72. The number of carbonyl (C=O) groups is 1. The van der Waals surface area contributed by atoms with Gasteiger partial charge in [0.1, 0.15) is 23.9 Å². The van der Waals surface area contributed by atoms with Gasteiger partial charge in [0.15, 0.2) is 23.0 Å². The van der Waals surface area contributed by atoms with Crippen molar-refractivity contribution in [2.24, 2.45) is 5.92 Å². The van der Waals surface area contributed by atoms with Gasteiger partial charge in [-0.15, -0.1) is 0 Å². The molecular weight excluding hydrogens is 411 g/mol. The number of nitriles is 1. The Morgan fingerprint density at radius 1 is 1.29 bits per heavy atom. The third-order valence-corrected chi connectivity index (χ3v) is 5.12. The van der Waals surface area contributed by atoms with Crippen LogP contribution in [-0.2, 0) is 0 Å². The van der Waals surface area contributed by atoms with Gasteiger partial charge in [0, 0.05) is 30.8 Å².